The molecule has 0 saturated carbocycles. The van der Waals surface area contributed by atoms with Gasteiger partial charge in [-0.25, -0.2) is 0 Å². The van der Waals surface area contributed by atoms with Gasteiger partial charge in [0.25, 0.3) is 0 Å². The molecule has 0 saturated heterocycles. The number of fused-ring (bicyclic) bond motifs is 1. The molecular formula is C15H20ClNS. The Morgan fingerprint density at radius 1 is 1.39 bits per heavy atom. The predicted octanol–water partition coefficient (Wildman–Crippen LogP) is 4.40. The molecule has 0 radical (unpaired) electrons. The van der Waals surface area contributed by atoms with E-state index in [0.29, 0.717) is 11.9 Å². The average molecular weight is 282 g/mol. The summed E-state index contributed by atoms with van der Waals surface area (Å²) >= 11 is 8.05. The van der Waals surface area contributed by atoms with Crippen molar-refractivity contribution in [2.24, 2.45) is 0 Å². The zero-order chi connectivity index (χ0) is 13.2. The highest BCUT2D eigenvalue weighted by Gasteiger charge is 2.32. The Hall–Kier alpha value is -0.570. The predicted molar refractivity (Wildman–Crippen MR) is 83.0 cm³/mol. The largest absolute Gasteiger partial charge is 0.314 e. The Labute approximate surface area is 118 Å². The maximum absolute atomic E-state index is 6.26. The van der Waals surface area contributed by atoms with Gasteiger partial charge in [-0.05, 0) is 48.0 Å². The van der Waals surface area contributed by atoms with E-state index in [9.17, 15) is 0 Å². The number of nitrogens with one attached hydrogen (secondary N) is 1. The van der Waals surface area contributed by atoms with Gasteiger partial charge in [0.05, 0.1) is 0 Å². The molecule has 18 heavy (non-hydrogen) atoms. The van der Waals surface area contributed by atoms with Crippen LogP contribution >= 0.6 is 22.9 Å². The van der Waals surface area contributed by atoms with Crippen molar-refractivity contribution in [3.63, 3.8) is 0 Å². The standard InChI is InChI=1S/C15H20ClNS/c1-4-17-11(2)15(3,10-16)13-5-6-14-12(9-13)7-8-18-14/h5-9,11,17H,4,10H2,1-3H3. The van der Waals surface area contributed by atoms with E-state index < -0.39 is 0 Å². The molecule has 0 aliphatic heterocycles. The maximum atomic E-state index is 6.26. The fourth-order valence-electron chi connectivity index (χ4n) is 2.30. The number of benzene rings is 1. The second-order valence-electron chi connectivity index (χ2n) is 5.00. The SMILES string of the molecule is CCNC(C)C(C)(CCl)c1ccc2sccc2c1. The topological polar surface area (TPSA) is 12.0 Å². The van der Waals surface area contributed by atoms with Crippen LogP contribution in [0.15, 0.2) is 29.6 Å². The van der Waals surface area contributed by atoms with Crippen molar-refractivity contribution in [1.82, 2.24) is 5.32 Å². The van der Waals surface area contributed by atoms with E-state index in [1.54, 1.807) is 11.3 Å². The molecule has 1 aromatic carbocycles. The average Bonchev–Trinajstić information content (AvgIpc) is 2.85. The summed E-state index contributed by atoms with van der Waals surface area (Å²) in [6, 6.07) is 9.24. The monoisotopic (exact) mass is 281 g/mol. The Morgan fingerprint density at radius 3 is 2.83 bits per heavy atom. The molecule has 2 atom stereocenters. The Kier molecular flexibility index (Phi) is 4.31. The van der Waals surface area contributed by atoms with Crippen LogP contribution in [0.25, 0.3) is 10.1 Å². The third-order valence-corrected chi connectivity index (χ3v) is 5.31. The molecule has 0 aliphatic carbocycles. The maximum Gasteiger partial charge on any atom is 0.0342 e. The lowest BCUT2D eigenvalue weighted by Crippen LogP contribution is -2.46. The van der Waals surface area contributed by atoms with Crippen LogP contribution in [-0.2, 0) is 5.41 Å². The molecule has 0 amide bonds. The van der Waals surface area contributed by atoms with E-state index in [-0.39, 0.29) is 5.41 Å². The fourth-order valence-corrected chi connectivity index (χ4v) is 3.45. The molecule has 2 aromatic rings. The van der Waals surface area contributed by atoms with E-state index in [4.69, 9.17) is 11.6 Å². The van der Waals surface area contributed by atoms with Crippen LogP contribution in [0.2, 0.25) is 0 Å². The van der Waals surface area contributed by atoms with Gasteiger partial charge in [-0.2, -0.15) is 0 Å². The number of halogens is 1. The summed E-state index contributed by atoms with van der Waals surface area (Å²) in [5.41, 5.74) is 1.28. The summed E-state index contributed by atoms with van der Waals surface area (Å²) in [5.74, 6) is 0.622. The van der Waals surface area contributed by atoms with Gasteiger partial charge in [0.2, 0.25) is 0 Å². The highest BCUT2D eigenvalue weighted by Crippen LogP contribution is 2.32. The second kappa shape index (κ2) is 5.60. The van der Waals surface area contributed by atoms with E-state index in [0.717, 1.165) is 6.54 Å². The van der Waals surface area contributed by atoms with Crippen molar-refractivity contribution in [3.8, 4) is 0 Å². The summed E-state index contributed by atoms with van der Waals surface area (Å²) in [4.78, 5) is 0. The highest BCUT2D eigenvalue weighted by atomic mass is 35.5. The van der Waals surface area contributed by atoms with Gasteiger partial charge >= 0.3 is 0 Å². The third-order valence-electron chi connectivity index (χ3n) is 3.86. The first kappa shape index (κ1) is 13.9. The van der Waals surface area contributed by atoms with E-state index in [2.05, 4.69) is 55.7 Å². The third kappa shape index (κ3) is 2.42. The summed E-state index contributed by atoms with van der Waals surface area (Å²) in [7, 11) is 0. The molecule has 1 nitrogen and oxygen atoms in total. The van der Waals surface area contributed by atoms with Gasteiger partial charge < -0.3 is 5.32 Å². The van der Waals surface area contributed by atoms with Crippen LogP contribution in [0.4, 0.5) is 0 Å². The molecule has 0 bridgehead atoms. The zero-order valence-corrected chi connectivity index (χ0v) is 12.7. The zero-order valence-electron chi connectivity index (χ0n) is 11.2. The first-order chi connectivity index (χ1) is 8.61. The van der Waals surface area contributed by atoms with E-state index in [1.165, 1.54) is 15.6 Å². The summed E-state index contributed by atoms with van der Waals surface area (Å²) in [5, 5.41) is 6.95. The molecule has 3 heteroatoms. The van der Waals surface area contributed by atoms with Crippen molar-refractivity contribution in [2.45, 2.75) is 32.2 Å². The second-order valence-corrected chi connectivity index (χ2v) is 6.22. The number of likely N-dealkylation sites (N-methyl/N-ethyl adjacent to an activating group) is 1. The summed E-state index contributed by atoms with van der Waals surface area (Å²) in [6.45, 7) is 7.55. The van der Waals surface area contributed by atoms with Crippen LogP contribution in [0.5, 0.6) is 0 Å². The fraction of sp³-hybridized carbons (Fsp3) is 0.467. The van der Waals surface area contributed by atoms with Gasteiger partial charge in [-0.1, -0.05) is 19.9 Å². The molecule has 1 aromatic heterocycles. The van der Waals surface area contributed by atoms with Crippen molar-refractivity contribution in [1.29, 1.82) is 0 Å². The van der Waals surface area contributed by atoms with E-state index in [1.807, 2.05) is 0 Å². The normalized spacial score (nSPS) is 16.7. The molecule has 2 rings (SSSR count). The van der Waals surface area contributed by atoms with Gasteiger partial charge in [0.1, 0.15) is 0 Å². The van der Waals surface area contributed by atoms with Crippen LogP contribution in [0.3, 0.4) is 0 Å². The Balaban J connectivity index is 2.41. The molecule has 2 unspecified atom stereocenters. The van der Waals surface area contributed by atoms with Crippen molar-refractivity contribution >= 4 is 33.0 Å². The molecular weight excluding hydrogens is 262 g/mol. The lowest BCUT2D eigenvalue weighted by atomic mass is 9.78. The van der Waals surface area contributed by atoms with Crippen molar-refractivity contribution in [2.75, 3.05) is 12.4 Å². The van der Waals surface area contributed by atoms with E-state index >= 15 is 0 Å². The van der Waals surface area contributed by atoms with Crippen LogP contribution in [0.1, 0.15) is 26.3 Å². The number of thiophene rings is 1. The first-order valence-electron chi connectivity index (χ1n) is 6.39. The molecule has 0 aliphatic rings. The van der Waals surface area contributed by atoms with Crippen LogP contribution in [0, 0.1) is 0 Å². The van der Waals surface area contributed by atoms with Crippen molar-refractivity contribution < 1.29 is 0 Å². The summed E-state index contributed by atoms with van der Waals surface area (Å²) in [6.07, 6.45) is 0. The first-order valence-corrected chi connectivity index (χ1v) is 7.80. The summed E-state index contributed by atoms with van der Waals surface area (Å²) < 4.78 is 1.34. The Bertz CT molecular complexity index is 522. The number of hydrogen-bond acceptors (Lipinski definition) is 2. The van der Waals surface area contributed by atoms with Crippen LogP contribution in [-0.4, -0.2) is 18.5 Å². The molecule has 0 spiro atoms. The minimum atomic E-state index is -0.0340. The highest BCUT2D eigenvalue weighted by molar-refractivity contribution is 7.17. The molecule has 1 N–H and O–H groups in total. The van der Waals surface area contributed by atoms with Gasteiger partial charge in [-0.3, -0.25) is 0 Å². The Morgan fingerprint density at radius 2 is 2.17 bits per heavy atom. The van der Waals surface area contributed by atoms with Gasteiger partial charge in [0, 0.05) is 22.0 Å². The number of rotatable bonds is 5. The lowest BCUT2D eigenvalue weighted by molar-refractivity contribution is 0.373. The van der Waals surface area contributed by atoms with Crippen LogP contribution < -0.4 is 5.32 Å². The lowest BCUT2D eigenvalue weighted by Gasteiger charge is -2.35. The number of hydrogen-bond donors (Lipinski definition) is 1. The molecule has 1 heterocycles. The smallest absolute Gasteiger partial charge is 0.0342 e. The quantitative estimate of drug-likeness (QED) is 0.801. The molecule has 0 fully saturated rings. The molecule has 98 valence electrons. The van der Waals surface area contributed by atoms with Crippen molar-refractivity contribution in [3.05, 3.63) is 35.2 Å². The number of alkyl halides is 1. The van der Waals surface area contributed by atoms with Gasteiger partial charge in [0.15, 0.2) is 0 Å². The minimum absolute atomic E-state index is 0.0340. The minimum Gasteiger partial charge on any atom is -0.314 e. The van der Waals surface area contributed by atoms with Gasteiger partial charge in [-0.15, -0.1) is 22.9 Å².